The molecule has 0 saturated heterocycles. The normalized spacial score (nSPS) is 11.0. The Morgan fingerprint density at radius 3 is 2.41 bits per heavy atom. The monoisotopic (exact) mass is 445 g/mol. The van der Waals surface area contributed by atoms with Crippen molar-refractivity contribution in [3.63, 3.8) is 0 Å². The number of imidazole rings is 1. The van der Waals surface area contributed by atoms with Gasteiger partial charge < -0.3 is 9.47 Å². The van der Waals surface area contributed by atoms with Gasteiger partial charge in [0.2, 0.25) is 5.88 Å². The molecule has 0 unspecified atom stereocenters. The highest BCUT2D eigenvalue weighted by atomic mass is 35.5. The second-order valence-electron chi connectivity index (χ2n) is 6.18. The Kier molecular flexibility index (Phi) is 5.85. The van der Waals surface area contributed by atoms with Crippen molar-refractivity contribution in [3.8, 4) is 22.9 Å². The van der Waals surface area contributed by atoms with Gasteiger partial charge in [-0.25, -0.2) is 4.98 Å². The summed E-state index contributed by atoms with van der Waals surface area (Å²) in [5, 5.41) is 6.51. The van der Waals surface area contributed by atoms with Crippen LogP contribution in [-0.2, 0) is 5.75 Å². The Hall–Kier alpha value is -2.41. The molecule has 29 heavy (non-hydrogen) atoms. The number of aromatic nitrogens is 3. The molecule has 5 nitrogen and oxygen atoms in total. The van der Waals surface area contributed by atoms with Gasteiger partial charge in [-0.05, 0) is 42.0 Å². The zero-order valence-corrected chi connectivity index (χ0v) is 18.1. The number of fused-ring (bicyclic) bond motifs is 1. The van der Waals surface area contributed by atoms with E-state index in [1.807, 2.05) is 42.5 Å². The molecule has 2 aromatic heterocycles. The summed E-state index contributed by atoms with van der Waals surface area (Å²) in [6.45, 7) is 0. The van der Waals surface area contributed by atoms with E-state index in [1.165, 1.54) is 5.56 Å². The van der Waals surface area contributed by atoms with Crippen LogP contribution in [-0.4, -0.2) is 28.8 Å². The van der Waals surface area contributed by atoms with Crippen LogP contribution in [0.1, 0.15) is 5.56 Å². The molecule has 0 radical (unpaired) electrons. The van der Waals surface area contributed by atoms with Gasteiger partial charge in [0.05, 0.1) is 24.3 Å². The zero-order valence-electron chi connectivity index (χ0n) is 15.7. The fraction of sp³-hybridized carbons (Fsp3) is 0.143. The third kappa shape index (κ3) is 4.15. The minimum absolute atomic E-state index is 0.465. The quantitative estimate of drug-likeness (QED) is 0.340. The van der Waals surface area contributed by atoms with Crippen molar-refractivity contribution in [1.82, 2.24) is 14.6 Å². The number of ether oxygens (including phenoxy) is 2. The summed E-state index contributed by atoms with van der Waals surface area (Å²) in [5.41, 5.74) is 3.36. The summed E-state index contributed by atoms with van der Waals surface area (Å²) in [4.78, 5) is 4.65. The largest absolute Gasteiger partial charge is 0.497 e. The predicted octanol–water partition coefficient (Wildman–Crippen LogP) is 6.01. The molecule has 0 saturated carbocycles. The van der Waals surface area contributed by atoms with Crippen molar-refractivity contribution < 1.29 is 9.47 Å². The molecule has 0 bridgehead atoms. The molecule has 0 spiro atoms. The van der Waals surface area contributed by atoms with Crippen LogP contribution in [0.5, 0.6) is 11.6 Å². The number of nitrogens with zero attached hydrogens (tertiary/aromatic N) is 3. The minimum atomic E-state index is 0.465. The van der Waals surface area contributed by atoms with Crippen LogP contribution in [0.4, 0.5) is 0 Å². The first-order chi connectivity index (χ1) is 14.1. The molecule has 4 rings (SSSR count). The first-order valence-corrected chi connectivity index (χ1v) is 10.5. The summed E-state index contributed by atoms with van der Waals surface area (Å²) >= 11 is 13.8. The van der Waals surface area contributed by atoms with Gasteiger partial charge in [-0.2, -0.15) is 9.61 Å². The summed E-state index contributed by atoms with van der Waals surface area (Å²) in [6, 6.07) is 17.2. The van der Waals surface area contributed by atoms with E-state index >= 15 is 0 Å². The van der Waals surface area contributed by atoms with Crippen molar-refractivity contribution in [2.45, 2.75) is 10.8 Å². The molecule has 0 aliphatic rings. The average molecular weight is 446 g/mol. The van der Waals surface area contributed by atoms with Gasteiger partial charge in [-0.15, -0.1) is 0 Å². The fourth-order valence-electron chi connectivity index (χ4n) is 2.87. The summed E-state index contributed by atoms with van der Waals surface area (Å²) in [7, 11) is 3.26. The highest BCUT2D eigenvalue weighted by Gasteiger charge is 2.17. The van der Waals surface area contributed by atoms with Crippen LogP contribution in [0.3, 0.4) is 0 Å². The van der Waals surface area contributed by atoms with Gasteiger partial charge in [0.25, 0.3) is 0 Å². The molecule has 0 N–H and O–H groups in total. The van der Waals surface area contributed by atoms with Gasteiger partial charge >= 0.3 is 0 Å². The standard InChI is InChI=1S/C21H17Cl2N3O2S/c1-27-15-6-3-13(4-7-15)12-29-19-10-9-18-24-20(21(28-2)26(18)25-19)14-5-8-16(22)17(23)11-14/h3-11H,12H2,1-2H3. The molecule has 0 aliphatic carbocycles. The first-order valence-electron chi connectivity index (χ1n) is 8.74. The van der Waals surface area contributed by atoms with Crippen LogP contribution in [0.2, 0.25) is 10.0 Å². The lowest BCUT2D eigenvalue weighted by Gasteiger charge is -2.06. The number of hydrogen-bond acceptors (Lipinski definition) is 5. The molecule has 0 aliphatic heterocycles. The molecule has 0 fully saturated rings. The average Bonchev–Trinajstić information content (AvgIpc) is 3.12. The van der Waals surface area contributed by atoms with Crippen LogP contribution < -0.4 is 9.47 Å². The Morgan fingerprint density at radius 2 is 1.72 bits per heavy atom. The van der Waals surface area contributed by atoms with E-state index in [4.69, 9.17) is 32.7 Å². The Balaban J connectivity index is 1.63. The molecule has 2 heterocycles. The van der Waals surface area contributed by atoms with Crippen LogP contribution in [0, 0.1) is 0 Å². The maximum absolute atomic E-state index is 6.17. The topological polar surface area (TPSA) is 48.7 Å². The first kappa shape index (κ1) is 19.9. The number of hydrogen-bond donors (Lipinski definition) is 0. The molecule has 8 heteroatoms. The molecule has 4 aromatic rings. The predicted molar refractivity (Wildman–Crippen MR) is 118 cm³/mol. The summed E-state index contributed by atoms with van der Waals surface area (Å²) < 4.78 is 12.5. The van der Waals surface area contributed by atoms with Crippen molar-refractivity contribution in [3.05, 3.63) is 70.2 Å². The lowest BCUT2D eigenvalue weighted by molar-refractivity contribution is 0.387. The lowest BCUT2D eigenvalue weighted by Crippen LogP contribution is -1.97. The van der Waals surface area contributed by atoms with Crippen molar-refractivity contribution in [1.29, 1.82) is 0 Å². The number of rotatable bonds is 6. The smallest absolute Gasteiger partial charge is 0.243 e. The zero-order chi connectivity index (χ0) is 20.4. The number of benzene rings is 2. The van der Waals surface area contributed by atoms with E-state index in [0.717, 1.165) is 22.1 Å². The molecule has 0 amide bonds. The van der Waals surface area contributed by atoms with E-state index in [-0.39, 0.29) is 0 Å². The van der Waals surface area contributed by atoms with Crippen molar-refractivity contribution in [2.75, 3.05) is 14.2 Å². The highest BCUT2D eigenvalue weighted by molar-refractivity contribution is 7.98. The molecule has 0 atom stereocenters. The van der Waals surface area contributed by atoms with E-state index in [9.17, 15) is 0 Å². The summed E-state index contributed by atoms with van der Waals surface area (Å²) in [6.07, 6.45) is 0. The maximum atomic E-state index is 6.17. The summed E-state index contributed by atoms with van der Waals surface area (Å²) in [5.74, 6) is 2.18. The SMILES string of the molecule is COc1ccc(CSc2ccc3nc(-c4ccc(Cl)c(Cl)c4)c(OC)n3n2)cc1. The van der Waals surface area contributed by atoms with E-state index in [1.54, 1.807) is 42.6 Å². The van der Waals surface area contributed by atoms with Crippen LogP contribution in [0.15, 0.2) is 59.6 Å². The molecule has 2 aromatic carbocycles. The van der Waals surface area contributed by atoms with Crippen LogP contribution >= 0.6 is 35.0 Å². The van der Waals surface area contributed by atoms with Gasteiger partial charge in [-0.3, -0.25) is 0 Å². The second-order valence-corrected chi connectivity index (χ2v) is 7.99. The number of halogens is 2. The molecular formula is C21H17Cl2N3O2S. The fourth-order valence-corrected chi connectivity index (χ4v) is 3.98. The van der Waals surface area contributed by atoms with Gasteiger partial charge in [0.15, 0.2) is 5.65 Å². The van der Waals surface area contributed by atoms with E-state index < -0.39 is 0 Å². The molecule has 148 valence electrons. The Morgan fingerprint density at radius 1 is 0.931 bits per heavy atom. The Labute approximate surface area is 182 Å². The highest BCUT2D eigenvalue weighted by Crippen LogP contribution is 2.34. The van der Waals surface area contributed by atoms with Crippen LogP contribution in [0.25, 0.3) is 16.9 Å². The molecular weight excluding hydrogens is 429 g/mol. The van der Waals surface area contributed by atoms with Gasteiger partial charge in [0.1, 0.15) is 16.5 Å². The van der Waals surface area contributed by atoms with Gasteiger partial charge in [0, 0.05) is 11.3 Å². The third-order valence-electron chi connectivity index (χ3n) is 4.34. The lowest BCUT2D eigenvalue weighted by atomic mass is 10.1. The second kappa shape index (κ2) is 8.53. The van der Waals surface area contributed by atoms with E-state index in [2.05, 4.69) is 10.1 Å². The van der Waals surface area contributed by atoms with Gasteiger partial charge in [-0.1, -0.05) is 53.2 Å². The van der Waals surface area contributed by atoms with E-state index in [0.29, 0.717) is 27.3 Å². The van der Waals surface area contributed by atoms with Crippen molar-refractivity contribution in [2.24, 2.45) is 0 Å². The Bertz CT molecular complexity index is 1160. The maximum Gasteiger partial charge on any atom is 0.243 e. The minimum Gasteiger partial charge on any atom is -0.497 e. The van der Waals surface area contributed by atoms with Crippen molar-refractivity contribution >= 4 is 40.6 Å². The number of thioether (sulfide) groups is 1. The number of methoxy groups -OCH3 is 2. The third-order valence-corrected chi connectivity index (χ3v) is 6.07.